The second kappa shape index (κ2) is 5.99. The van der Waals surface area contributed by atoms with E-state index in [1.54, 1.807) is 0 Å². The van der Waals surface area contributed by atoms with Crippen LogP contribution in [-0.4, -0.2) is 41.3 Å². The number of benzene rings is 1. The number of thioether (sulfide) groups is 1. The van der Waals surface area contributed by atoms with Gasteiger partial charge in [0.25, 0.3) is 0 Å². The molecule has 1 aromatic rings. The third-order valence-corrected chi connectivity index (χ3v) is 3.75. The first-order valence-electron chi connectivity index (χ1n) is 5.67. The van der Waals surface area contributed by atoms with Crippen LogP contribution in [0.15, 0.2) is 46.7 Å². The number of methoxy groups -OCH3 is 1. The number of aliphatic hydroxyl groups is 2. The molecule has 0 spiro atoms. The topological polar surface area (TPSA) is 76.0 Å². The Balaban J connectivity index is 1.96. The monoisotopic (exact) mass is 282 g/mol. The molecule has 0 radical (unpaired) electrons. The summed E-state index contributed by atoms with van der Waals surface area (Å²) in [5.74, 6) is -1.06. The molecule has 0 bridgehead atoms. The van der Waals surface area contributed by atoms with Crippen LogP contribution in [0.25, 0.3) is 0 Å². The number of cyclic esters (lactones) is 1. The molecule has 0 aromatic heterocycles. The van der Waals surface area contributed by atoms with Crippen LogP contribution in [0.3, 0.4) is 0 Å². The van der Waals surface area contributed by atoms with Gasteiger partial charge in [-0.2, -0.15) is 0 Å². The Morgan fingerprint density at radius 1 is 1.42 bits per heavy atom. The Kier molecular flexibility index (Phi) is 4.34. The Labute approximate surface area is 114 Å². The summed E-state index contributed by atoms with van der Waals surface area (Å²) in [4.78, 5) is 12.3. The van der Waals surface area contributed by atoms with E-state index in [4.69, 9.17) is 9.47 Å². The van der Waals surface area contributed by atoms with Gasteiger partial charge in [0.05, 0.1) is 7.11 Å². The molecule has 2 rings (SSSR count). The maximum absolute atomic E-state index is 11.3. The number of ether oxygens (including phenoxy) is 2. The molecule has 5 nitrogen and oxygen atoms in total. The highest BCUT2D eigenvalue weighted by atomic mass is 32.2. The summed E-state index contributed by atoms with van der Waals surface area (Å²) in [6.45, 7) is 0. The minimum Gasteiger partial charge on any atom is -0.505 e. The molecule has 2 atom stereocenters. The Morgan fingerprint density at radius 3 is 2.68 bits per heavy atom. The molecule has 1 aliphatic heterocycles. The summed E-state index contributed by atoms with van der Waals surface area (Å²) in [7, 11) is 1.26. The zero-order chi connectivity index (χ0) is 13.8. The number of rotatable bonds is 5. The summed E-state index contributed by atoms with van der Waals surface area (Å²) in [5, 5.41) is 19.7. The molecule has 0 saturated heterocycles. The third-order valence-electron chi connectivity index (χ3n) is 2.64. The SMILES string of the molecule is COC1=C(O)C(C(O)CSc2ccccc2)OC1=O. The Hall–Kier alpha value is -1.66. The lowest BCUT2D eigenvalue weighted by Crippen LogP contribution is -2.30. The fourth-order valence-corrected chi connectivity index (χ4v) is 2.58. The van der Waals surface area contributed by atoms with Crippen LogP contribution < -0.4 is 0 Å². The summed E-state index contributed by atoms with van der Waals surface area (Å²) in [5.41, 5.74) is 0. The van der Waals surface area contributed by atoms with E-state index in [0.717, 1.165) is 4.90 Å². The van der Waals surface area contributed by atoms with E-state index in [-0.39, 0.29) is 11.5 Å². The van der Waals surface area contributed by atoms with Crippen LogP contribution in [-0.2, 0) is 14.3 Å². The molecule has 2 N–H and O–H groups in total. The quantitative estimate of drug-likeness (QED) is 0.629. The van der Waals surface area contributed by atoms with Gasteiger partial charge >= 0.3 is 5.97 Å². The van der Waals surface area contributed by atoms with Crippen molar-refractivity contribution in [3.05, 3.63) is 41.9 Å². The number of hydrogen-bond acceptors (Lipinski definition) is 6. The molecule has 102 valence electrons. The first-order chi connectivity index (χ1) is 9.13. The van der Waals surface area contributed by atoms with E-state index in [9.17, 15) is 15.0 Å². The molecule has 0 amide bonds. The van der Waals surface area contributed by atoms with Gasteiger partial charge in [-0.15, -0.1) is 11.8 Å². The van der Waals surface area contributed by atoms with E-state index in [1.165, 1.54) is 18.9 Å². The smallest absolute Gasteiger partial charge is 0.378 e. The lowest BCUT2D eigenvalue weighted by Gasteiger charge is -2.16. The van der Waals surface area contributed by atoms with Crippen molar-refractivity contribution in [3.8, 4) is 0 Å². The second-order valence-corrected chi connectivity index (χ2v) is 5.03. The molecule has 0 fully saturated rings. The predicted molar refractivity (Wildman–Crippen MR) is 69.7 cm³/mol. The second-order valence-electron chi connectivity index (χ2n) is 3.94. The van der Waals surface area contributed by atoms with Crippen LogP contribution in [0.4, 0.5) is 0 Å². The summed E-state index contributed by atoms with van der Waals surface area (Å²) in [6.07, 6.45) is -2.06. The van der Waals surface area contributed by atoms with Crippen LogP contribution in [0.2, 0.25) is 0 Å². The molecule has 1 aromatic carbocycles. The summed E-state index contributed by atoms with van der Waals surface area (Å²) < 4.78 is 9.59. The molecule has 2 unspecified atom stereocenters. The van der Waals surface area contributed by atoms with Gasteiger partial charge in [-0.3, -0.25) is 0 Å². The average molecular weight is 282 g/mol. The van der Waals surface area contributed by atoms with Crippen molar-refractivity contribution in [2.24, 2.45) is 0 Å². The van der Waals surface area contributed by atoms with Gasteiger partial charge in [-0.05, 0) is 12.1 Å². The first kappa shape index (κ1) is 13.8. The molecule has 6 heteroatoms. The molecule has 0 saturated carbocycles. The van der Waals surface area contributed by atoms with Crippen LogP contribution in [0, 0.1) is 0 Å². The van der Waals surface area contributed by atoms with Gasteiger partial charge in [-0.1, -0.05) is 18.2 Å². The van der Waals surface area contributed by atoms with Crippen molar-refractivity contribution in [1.82, 2.24) is 0 Å². The van der Waals surface area contributed by atoms with Gasteiger partial charge in [0.2, 0.25) is 5.76 Å². The number of esters is 1. The highest BCUT2D eigenvalue weighted by Gasteiger charge is 2.39. The molecule has 19 heavy (non-hydrogen) atoms. The van der Waals surface area contributed by atoms with Gasteiger partial charge in [0, 0.05) is 10.6 Å². The van der Waals surface area contributed by atoms with Crippen LogP contribution in [0.5, 0.6) is 0 Å². The van der Waals surface area contributed by atoms with Crippen molar-refractivity contribution in [2.75, 3.05) is 12.9 Å². The number of hydrogen-bond donors (Lipinski definition) is 2. The van der Waals surface area contributed by atoms with Gasteiger partial charge < -0.3 is 19.7 Å². The lowest BCUT2D eigenvalue weighted by molar-refractivity contribution is -0.146. The maximum atomic E-state index is 11.3. The van der Waals surface area contributed by atoms with Crippen molar-refractivity contribution in [3.63, 3.8) is 0 Å². The number of carbonyl (C=O) groups is 1. The first-order valence-corrected chi connectivity index (χ1v) is 6.66. The fourth-order valence-electron chi connectivity index (χ4n) is 1.69. The van der Waals surface area contributed by atoms with E-state index in [2.05, 4.69) is 0 Å². The van der Waals surface area contributed by atoms with E-state index in [0.29, 0.717) is 5.75 Å². The van der Waals surface area contributed by atoms with E-state index < -0.39 is 18.2 Å². The molecular weight excluding hydrogens is 268 g/mol. The van der Waals surface area contributed by atoms with Crippen molar-refractivity contribution in [1.29, 1.82) is 0 Å². The van der Waals surface area contributed by atoms with E-state index in [1.807, 2.05) is 30.3 Å². The zero-order valence-electron chi connectivity index (χ0n) is 10.3. The van der Waals surface area contributed by atoms with Crippen molar-refractivity contribution < 1.29 is 24.5 Å². The Bertz CT molecular complexity index is 485. The normalized spacial score (nSPS) is 20.3. The molecule has 0 aliphatic carbocycles. The standard InChI is InChI=1S/C13H14O5S/c1-17-12-10(15)11(18-13(12)16)9(14)7-19-8-5-3-2-4-6-8/h2-6,9,11,14-15H,7H2,1H3. The molecule has 1 aliphatic rings. The molecule has 1 heterocycles. The lowest BCUT2D eigenvalue weighted by atomic mass is 10.2. The van der Waals surface area contributed by atoms with Crippen LogP contribution >= 0.6 is 11.8 Å². The van der Waals surface area contributed by atoms with Gasteiger partial charge in [-0.25, -0.2) is 4.79 Å². The Morgan fingerprint density at radius 2 is 2.11 bits per heavy atom. The van der Waals surface area contributed by atoms with Gasteiger partial charge in [0.1, 0.15) is 6.10 Å². The summed E-state index contributed by atoms with van der Waals surface area (Å²) >= 11 is 1.41. The summed E-state index contributed by atoms with van der Waals surface area (Å²) in [6, 6.07) is 9.51. The minimum absolute atomic E-state index is 0.242. The highest BCUT2D eigenvalue weighted by Crippen LogP contribution is 2.27. The molecular formula is C13H14O5S. The largest absolute Gasteiger partial charge is 0.505 e. The average Bonchev–Trinajstić information content (AvgIpc) is 2.72. The zero-order valence-corrected chi connectivity index (χ0v) is 11.1. The van der Waals surface area contributed by atoms with Crippen LogP contribution in [0.1, 0.15) is 0 Å². The predicted octanol–water partition coefficient (Wildman–Crippen LogP) is 1.48. The minimum atomic E-state index is -1.06. The van der Waals surface area contributed by atoms with Gasteiger partial charge in [0.15, 0.2) is 11.9 Å². The van der Waals surface area contributed by atoms with Crippen molar-refractivity contribution >= 4 is 17.7 Å². The number of aliphatic hydroxyl groups excluding tert-OH is 2. The highest BCUT2D eigenvalue weighted by molar-refractivity contribution is 7.99. The number of carbonyl (C=O) groups excluding carboxylic acids is 1. The fraction of sp³-hybridized carbons (Fsp3) is 0.308. The van der Waals surface area contributed by atoms with Crippen molar-refractivity contribution in [2.45, 2.75) is 17.1 Å². The third kappa shape index (κ3) is 3.02. The maximum Gasteiger partial charge on any atom is 0.378 e. The van der Waals surface area contributed by atoms with E-state index >= 15 is 0 Å².